The van der Waals surface area contributed by atoms with Gasteiger partial charge < -0.3 is 20.1 Å². The van der Waals surface area contributed by atoms with Crippen LogP contribution in [0, 0.1) is 5.92 Å². The van der Waals surface area contributed by atoms with Crippen molar-refractivity contribution >= 4 is 33.1 Å². The number of pyridine rings is 1. The highest BCUT2D eigenvalue weighted by Gasteiger charge is 2.31. The summed E-state index contributed by atoms with van der Waals surface area (Å²) in [5, 5.41) is 13.7. The van der Waals surface area contributed by atoms with Gasteiger partial charge in [0.05, 0.1) is 5.39 Å². The Hall–Kier alpha value is -3.01. The van der Waals surface area contributed by atoms with Crippen molar-refractivity contribution in [3.63, 3.8) is 0 Å². The van der Waals surface area contributed by atoms with Crippen LogP contribution in [0.3, 0.4) is 0 Å². The van der Waals surface area contributed by atoms with Crippen LogP contribution in [0.1, 0.15) is 34.1 Å². The first-order chi connectivity index (χ1) is 14.1. The van der Waals surface area contributed by atoms with E-state index < -0.39 is 29.1 Å². The number of rotatable bonds is 3. The SMILES string of the molecule is C[C@@H]1CCc2c(sc3[nH]c(=O)c(C(=O)Nc4ccc(OC(F)(F)F)cc4)c(O)c23)C1. The molecule has 1 aromatic carbocycles. The molecule has 158 valence electrons. The van der Waals surface area contributed by atoms with Gasteiger partial charge in [0.2, 0.25) is 0 Å². The first kappa shape index (κ1) is 20.3. The molecule has 1 atom stereocenters. The molecule has 30 heavy (non-hydrogen) atoms. The standard InChI is InChI=1S/C20H17F3N2O4S/c1-9-2-7-12-13(8-9)30-19-14(12)16(26)15(18(28)25-19)17(27)24-10-3-5-11(6-4-10)29-20(21,22)23/h3-6,9H,2,7-8H2,1H3,(H,24,27)(H2,25,26,28)/t9-/m1/s1. The Morgan fingerprint density at radius 1 is 1.30 bits per heavy atom. The van der Waals surface area contributed by atoms with Crippen molar-refractivity contribution in [2.24, 2.45) is 5.92 Å². The van der Waals surface area contributed by atoms with Gasteiger partial charge in [0.15, 0.2) is 0 Å². The smallest absolute Gasteiger partial charge is 0.506 e. The van der Waals surface area contributed by atoms with Crippen LogP contribution in [-0.4, -0.2) is 22.4 Å². The Morgan fingerprint density at radius 2 is 2.00 bits per heavy atom. The molecular formula is C20H17F3N2O4S. The molecule has 6 nitrogen and oxygen atoms in total. The summed E-state index contributed by atoms with van der Waals surface area (Å²) in [5.41, 5.74) is -0.0716. The van der Waals surface area contributed by atoms with E-state index in [1.807, 2.05) is 0 Å². The molecule has 1 aliphatic rings. The van der Waals surface area contributed by atoms with Gasteiger partial charge >= 0.3 is 6.36 Å². The molecule has 1 amide bonds. The molecule has 0 unspecified atom stereocenters. The van der Waals surface area contributed by atoms with E-state index >= 15 is 0 Å². The topological polar surface area (TPSA) is 91.4 Å². The summed E-state index contributed by atoms with van der Waals surface area (Å²) >= 11 is 1.41. The Morgan fingerprint density at radius 3 is 2.67 bits per heavy atom. The minimum absolute atomic E-state index is 0.148. The Labute approximate surface area is 172 Å². The molecule has 3 N–H and O–H groups in total. The van der Waals surface area contributed by atoms with Gasteiger partial charge in [-0.05, 0) is 55.0 Å². The van der Waals surface area contributed by atoms with E-state index in [0.717, 1.165) is 41.8 Å². The van der Waals surface area contributed by atoms with Crippen molar-refractivity contribution in [3.05, 3.63) is 50.6 Å². The second-order valence-corrected chi connectivity index (χ2v) is 8.37. The lowest BCUT2D eigenvalue weighted by Crippen LogP contribution is -2.23. The van der Waals surface area contributed by atoms with Crippen molar-refractivity contribution < 1.29 is 27.8 Å². The zero-order valence-corrected chi connectivity index (χ0v) is 16.5. The van der Waals surface area contributed by atoms with Gasteiger partial charge in [0.25, 0.3) is 11.5 Å². The molecule has 2 aromatic heterocycles. The van der Waals surface area contributed by atoms with E-state index in [9.17, 15) is 27.9 Å². The first-order valence-corrected chi connectivity index (χ1v) is 10.0. The second-order valence-electron chi connectivity index (χ2n) is 7.26. The summed E-state index contributed by atoms with van der Waals surface area (Å²) in [7, 11) is 0. The number of thiophene rings is 1. The average Bonchev–Trinajstić information content (AvgIpc) is 2.99. The maximum Gasteiger partial charge on any atom is 0.573 e. The molecule has 3 aromatic rings. The Kier molecular flexibility index (Phi) is 4.97. The highest BCUT2D eigenvalue weighted by Crippen LogP contribution is 2.41. The van der Waals surface area contributed by atoms with Crippen LogP contribution in [0.2, 0.25) is 0 Å². The highest BCUT2D eigenvalue weighted by molar-refractivity contribution is 7.18. The first-order valence-electron chi connectivity index (χ1n) is 9.19. The molecule has 0 aliphatic heterocycles. The number of amides is 1. The molecular weight excluding hydrogens is 421 g/mol. The van der Waals surface area contributed by atoms with Gasteiger partial charge in [-0.3, -0.25) is 9.59 Å². The summed E-state index contributed by atoms with van der Waals surface area (Å²) in [6.07, 6.45) is -2.27. The summed E-state index contributed by atoms with van der Waals surface area (Å²) in [6.45, 7) is 2.14. The van der Waals surface area contributed by atoms with Gasteiger partial charge in [-0.25, -0.2) is 0 Å². The fraction of sp³-hybridized carbons (Fsp3) is 0.300. The third-order valence-electron chi connectivity index (χ3n) is 5.01. The number of aromatic nitrogens is 1. The van der Waals surface area contributed by atoms with Crippen molar-refractivity contribution in [2.75, 3.05) is 5.32 Å². The van der Waals surface area contributed by atoms with Gasteiger partial charge in [-0.1, -0.05) is 6.92 Å². The van der Waals surface area contributed by atoms with Crippen LogP contribution in [0.15, 0.2) is 29.1 Å². The third-order valence-corrected chi connectivity index (χ3v) is 6.18. The van der Waals surface area contributed by atoms with Crippen molar-refractivity contribution in [2.45, 2.75) is 32.5 Å². The lowest BCUT2D eigenvalue weighted by molar-refractivity contribution is -0.274. The van der Waals surface area contributed by atoms with E-state index in [1.54, 1.807) is 0 Å². The highest BCUT2D eigenvalue weighted by atomic mass is 32.1. The molecule has 2 heterocycles. The minimum Gasteiger partial charge on any atom is -0.506 e. The van der Waals surface area contributed by atoms with Crippen LogP contribution in [0.5, 0.6) is 11.5 Å². The number of alkyl halides is 3. The molecule has 0 spiro atoms. The van der Waals surface area contributed by atoms with Gasteiger partial charge in [-0.15, -0.1) is 24.5 Å². The fourth-order valence-electron chi connectivity index (χ4n) is 3.63. The number of halogens is 3. The number of carbonyl (C=O) groups is 1. The van der Waals surface area contributed by atoms with Gasteiger partial charge in [0.1, 0.15) is 21.9 Å². The predicted octanol–water partition coefficient (Wildman–Crippen LogP) is 4.57. The Balaban J connectivity index is 1.64. The maximum absolute atomic E-state index is 12.7. The van der Waals surface area contributed by atoms with E-state index in [-0.39, 0.29) is 11.4 Å². The molecule has 0 bridgehead atoms. The molecule has 4 rings (SSSR count). The number of hydrogen-bond acceptors (Lipinski definition) is 5. The van der Waals surface area contributed by atoms with E-state index in [4.69, 9.17) is 0 Å². The summed E-state index contributed by atoms with van der Waals surface area (Å²) in [4.78, 5) is 29.4. The minimum atomic E-state index is -4.82. The quantitative estimate of drug-likeness (QED) is 0.559. The normalized spacial score (nSPS) is 16.3. The number of nitrogens with one attached hydrogen (secondary N) is 2. The molecule has 1 aliphatic carbocycles. The average molecular weight is 438 g/mol. The molecule has 0 radical (unpaired) electrons. The fourth-order valence-corrected chi connectivity index (χ4v) is 5.04. The predicted molar refractivity (Wildman–Crippen MR) is 106 cm³/mol. The second kappa shape index (κ2) is 7.35. The van der Waals surface area contributed by atoms with Crippen molar-refractivity contribution in [1.29, 1.82) is 0 Å². The largest absolute Gasteiger partial charge is 0.573 e. The zero-order valence-electron chi connectivity index (χ0n) is 15.7. The monoisotopic (exact) mass is 438 g/mol. The number of aryl methyl sites for hydroxylation is 1. The number of carbonyl (C=O) groups excluding carboxylic acids is 1. The summed E-state index contributed by atoms with van der Waals surface area (Å²) < 4.78 is 40.5. The van der Waals surface area contributed by atoms with Crippen LogP contribution >= 0.6 is 11.3 Å². The van der Waals surface area contributed by atoms with Gasteiger partial charge in [-0.2, -0.15) is 0 Å². The number of anilines is 1. The Bertz CT molecular complexity index is 1180. The molecule has 0 saturated heterocycles. The zero-order chi connectivity index (χ0) is 21.6. The van der Waals surface area contributed by atoms with Crippen LogP contribution in [-0.2, 0) is 12.8 Å². The van der Waals surface area contributed by atoms with Crippen molar-refractivity contribution in [1.82, 2.24) is 4.98 Å². The van der Waals surface area contributed by atoms with Crippen molar-refractivity contribution in [3.8, 4) is 11.5 Å². The van der Waals surface area contributed by atoms with E-state index in [2.05, 4.69) is 22.0 Å². The number of hydrogen-bond donors (Lipinski definition) is 3. The number of fused-ring (bicyclic) bond motifs is 3. The lowest BCUT2D eigenvalue weighted by Gasteiger charge is -2.18. The maximum atomic E-state index is 12.7. The lowest BCUT2D eigenvalue weighted by atomic mass is 9.89. The summed E-state index contributed by atoms with van der Waals surface area (Å²) in [6, 6.07) is 4.48. The number of ether oxygens (including phenoxy) is 1. The molecule has 0 saturated carbocycles. The summed E-state index contributed by atoms with van der Waals surface area (Å²) in [5.74, 6) is -1.17. The molecule has 10 heteroatoms. The number of aromatic hydroxyl groups is 1. The molecule has 0 fully saturated rings. The van der Waals surface area contributed by atoms with Crippen LogP contribution in [0.25, 0.3) is 10.2 Å². The van der Waals surface area contributed by atoms with E-state index in [0.29, 0.717) is 16.1 Å². The van der Waals surface area contributed by atoms with Crippen LogP contribution < -0.4 is 15.6 Å². The number of H-pyrrole nitrogens is 1. The van der Waals surface area contributed by atoms with E-state index in [1.165, 1.54) is 23.5 Å². The third kappa shape index (κ3) is 3.87. The van der Waals surface area contributed by atoms with Gasteiger partial charge in [0, 0.05) is 10.6 Å². The number of aromatic amines is 1. The number of benzene rings is 1. The van der Waals surface area contributed by atoms with Crippen LogP contribution in [0.4, 0.5) is 18.9 Å².